The number of carbonyl (C=O) groups is 1. The molecule has 0 unspecified atom stereocenters. The number of nitrogens with zero attached hydrogens (tertiary/aromatic N) is 3. The molecule has 1 aromatic heterocycles. The Morgan fingerprint density at radius 1 is 1.41 bits per heavy atom. The molecule has 0 aromatic carbocycles. The van der Waals surface area contributed by atoms with Crippen LogP contribution < -0.4 is 5.32 Å². The SMILES string of the molecule is CC(C)(C)OC(=O)N1CCCC[C@@H]1CNCc1cnccn1. The van der Waals surface area contributed by atoms with Crippen LogP contribution in [0, 0.1) is 0 Å². The number of rotatable bonds is 4. The molecule has 1 N–H and O–H groups in total. The van der Waals surface area contributed by atoms with Gasteiger partial charge in [-0.25, -0.2) is 4.79 Å². The van der Waals surface area contributed by atoms with Crippen molar-refractivity contribution in [1.82, 2.24) is 20.2 Å². The molecule has 0 aliphatic carbocycles. The van der Waals surface area contributed by atoms with Crippen LogP contribution in [0.4, 0.5) is 4.79 Å². The maximum absolute atomic E-state index is 12.3. The van der Waals surface area contributed by atoms with E-state index in [1.807, 2.05) is 25.7 Å². The minimum Gasteiger partial charge on any atom is -0.444 e. The van der Waals surface area contributed by atoms with Gasteiger partial charge in [0, 0.05) is 44.3 Å². The fraction of sp³-hybridized carbons (Fsp3) is 0.688. The molecule has 0 spiro atoms. The van der Waals surface area contributed by atoms with Crippen molar-refractivity contribution in [1.29, 1.82) is 0 Å². The number of hydrogen-bond donors (Lipinski definition) is 1. The summed E-state index contributed by atoms with van der Waals surface area (Å²) in [5.74, 6) is 0. The minimum absolute atomic E-state index is 0.181. The molecule has 1 atom stereocenters. The van der Waals surface area contributed by atoms with Crippen molar-refractivity contribution >= 4 is 6.09 Å². The summed E-state index contributed by atoms with van der Waals surface area (Å²) in [7, 11) is 0. The highest BCUT2D eigenvalue weighted by molar-refractivity contribution is 5.68. The van der Waals surface area contributed by atoms with E-state index >= 15 is 0 Å². The lowest BCUT2D eigenvalue weighted by atomic mass is 10.0. The van der Waals surface area contributed by atoms with Crippen LogP contribution in [0.3, 0.4) is 0 Å². The standard InChI is InChI=1S/C16H26N4O2/c1-16(2,3)22-15(21)20-9-5-4-6-14(20)12-18-11-13-10-17-7-8-19-13/h7-8,10,14,18H,4-6,9,11-12H2,1-3H3/t14-/m1/s1. The summed E-state index contributed by atoms with van der Waals surface area (Å²) in [6, 6.07) is 0.181. The van der Waals surface area contributed by atoms with Crippen molar-refractivity contribution < 1.29 is 9.53 Å². The molecule has 1 aliphatic heterocycles. The quantitative estimate of drug-likeness (QED) is 0.925. The predicted octanol–water partition coefficient (Wildman–Crippen LogP) is 2.36. The summed E-state index contributed by atoms with van der Waals surface area (Å²) in [5.41, 5.74) is 0.453. The Morgan fingerprint density at radius 3 is 2.91 bits per heavy atom. The van der Waals surface area contributed by atoms with Gasteiger partial charge in [-0.15, -0.1) is 0 Å². The summed E-state index contributed by atoms with van der Waals surface area (Å²) >= 11 is 0. The largest absolute Gasteiger partial charge is 0.444 e. The van der Waals surface area contributed by atoms with Gasteiger partial charge in [-0.3, -0.25) is 9.97 Å². The fourth-order valence-corrected chi connectivity index (χ4v) is 2.56. The highest BCUT2D eigenvalue weighted by Crippen LogP contribution is 2.20. The van der Waals surface area contributed by atoms with Gasteiger partial charge in [0.1, 0.15) is 5.60 Å². The average molecular weight is 306 g/mol. The van der Waals surface area contributed by atoms with Crippen LogP contribution in [0.1, 0.15) is 45.7 Å². The van der Waals surface area contributed by atoms with Crippen LogP contribution in [-0.2, 0) is 11.3 Å². The first kappa shape index (κ1) is 16.7. The van der Waals surface area contributed by atoms with Gasteiger partial charge < -0.3 is 15.0 Å². The van der Waals surface area contributed by atoms with Crippen molar-refractivity contribution in [2.75, 3.05) is 13.1 Å². The van der Waals surface area contributed by atoms with E-state index in [2.05, 4.69) is 15.3 Å². The van der Waals surface area contributed by atoms with Crippen molar-refractivity contribution in [3.05, 3.63) is 24.3 Å². The number of ether oxygens (including phenoxy) is 1. The topological polar surface area (TPSA) is 67.3 Å². The molecule has 6 nitrogen and oxygen atoms in total. The van der Waals surface area contributed by atoms with Crippen LogP contribution in [0.25, 0.3) is 0 Å². The lowest BCUT2D eigenvalue weighted by molar-refractivity contribution is 0.00993. The zero-order chi connectivity index (χ0) is 16.0. The van der Waals surface area contributed by atoms with Crippen molar-refractivity contribution in [2.24, 2.45) is 0 Å². The van der Waals surface area contributed by atoms with E-state index in [1.165, 1.54) is 0 Å². The Kier molecular flexibility index (Phi) is 5.71. The van der Waals surface area contributed by atoms with E-state index < -0.39 is 5.60 Å². The normalized spacial score (nSPS) is 19.0. The van der Waals surface area contributed by atoms with Gasteiger partial charge in [-0.1, -0.05) is 0 Å². The zero-order valence-electron chi connectivity index (χ0n) is 13.7. The summed E-state index contributed by atoms with van der Waals surface area (Å²) in [6.45, 7) is 7.87. The summed E-state index contributed by atoms with van der Waals surface area (Å²) in [4.78, 5) is 22.5. The lowest BCUT2D eigenvalue weighted by Gasteiger charge is -2.36. The van der Waals surface area contributed by atoms with E-state index in [4.69, 9.17) is 4.74 Å². The second-order valence-electron chi connectivity index (χ2n) is 6.65. The van der Waals surface area contributed by atoms with Crippen LogP contribution in [-0.4, -0.2) is 45.7 Å². The molecule has 1 amide bonds. The molecule has 122 valence electrons. The van der Waals surface area contributed by atoms with E-state index in [0.29, 0.717) is 6.54 Å². The van der Waals surface area contributed by atoms with Gasteiger partial charge in [0.05, 0.1) is 5.69 Å². The fourth-order valence-electron chi connectivity index (χ4n) is 2.56. The molecule has 0 saturated carbocycles. The molecule has 0 radical (unpaired) electrons. The molecule has 2 rings (SSSR count). The van der Waals surface area contributed by atoms with E-state index in [0.717, 1.165) is 38.0 Å². The van der Waals surface area contributed by atoms with Gasteiger partial charge in [-0.05, 0) is 40.0 Å². The van der Waals surface area contributed by atoms with Crippen molar-refractivity contribution in [3.63, 3.8) is 0 Å². The van der Waals surface area contributed by atoms with Crippen LogP contribution >= 0.6 is 0 Å². The molecule has 0 bridgehead atoms. The Labute approximate surface area is 132 Å². The highest BCUT2D eigenvalue weighted by Gasteiger charge is 2.30. The molecule has 22 heavy (non-hydrogen) atoms. The maximum atomic E-state index is 12.3. The molecule has 2 heterocycles. The Hall–Kier alpha value is -1.69. The van der Waals surface area contributed by atoms with E-state index in [9.17, 15) is 4.79 Å². The van der Waals surface area contributed by atoms with Gasteiger partial charge in [0.2, 0.25) is 0 Å². The molecular weight excluding hydrogens is 280 g/mol. The van der Waals surface area contributed by atoms with Crippen LogP contribution in [0.2, 0.25) is 0 Å². The molecule has 1 fully saturated rings. The third-order valence-corrected chi connectivity index (χ3v) is 3.56. The Balaban J connectivity index is 1.85. The molecule has 6 heteroatoms. The number of aromatic nitrogens is 2. The lowest BCUT2D eigenvalue weighted by Crippen LogP contribution is -2.50. The molecule has 1 aliphatic rings. The first-order valence-corrected chi connectivity index (χ1v) is 7.91. The third kappa shape index (κ3) is 5.26. The van der Waals surface area contributed by atoms with Crippen LogP contribution in [0.5, 0.6) is 0 Å². The molecular formula is C16H26N4O2. The van der Waals surface area contributed by atoms with Crippen molar-refractivity contribution in [3.8, 4) is 0 Å². The Morgan fingerprint density at radius 2 is 2.23 bits per heavy atom. The van der Waals surface area contributed by atoms with E-state index in [1.54, 1.807) is 18.6 Å². The number of hydrogen-bond acceptors (Lipinski definition) is 5. The molecule has 1 aromatic rings. The maximum Gasteiger partial charge on any atom is 0.410 e. The molecule has 1 saturated heterocycles. The number of carbonyl (C=O) groups excluding carboxylic acids is 1. The number of amides is 1. The summed E-state index contributed by atoms with van der Waals surface area (Å²) in [6.07, 6.45) is 8.08. The number of nitrogens with one attached hydrogen (secondary N) is 1. The van der Waals surface area contributed by atoms with Gasteiger partial charge in [-0.2, -0.15) is 0 Å². The first-order chi connectivity index (χ1) is 10.5. The van der Waals surface area contributed by atoms with Crippen molar-refractivity contribution in [2.45, 2.75) is 58.2 Å². The summed E-state index contributed by atoms with van der Waals surface area (Å²) < 4.78 is 5.51. The Bertz CT molecular complexity index is 473. The van der Waals surface area contributed by atoms with Gasteiger partial charge >= 0.3 is 6.09 Å². The minimum atomic E-state index is -0.452. The zero-order valence-corrected chi connectivity index (χ0v) is 13.7. The smallest absolute Gasteiger partial charge is 0.410 e. The second kappa shape index (κ2) is 7.54. The summed E-state index contributed by atoms with van der Waals surface area (Å²) in [5, 5.41) is 3.37. The predicted molar refractivity (Wildman–Crippen MR) is 84.3 cm³/mol. The van der Waals surface area contributed by atoms with Crippen LogP contribution in [0.15, 0.2) is 18.6 Å². The average Bonchev–Trinajstić information content (AvgIpc) is 2.47. The van der Waals surface area contributed by atoms with Gasteiger partial charge in [0.15, 0.2) is 0 Å². The van der Waals surface area contributed by atoms with Gasteiger partial charge in [0.25, 0.3) is 0 Å². The third-order valence-electron chi connectivity index (χ3n) is 3.56. The number of piperidine rings is 1. The highest BCUT2D eigenvalue weighted by atomic mass is 16.6. The number of likely N-dealkylation sites (tertiary alicyclic amines) is 1. The monoisotopic (exact) mass is 306 g/mol. The van der Waals surface area contributed by atoms with E-state index in [-0.39, 0.29) is 12.1 Å². The second-order valence-corrected chi connectivity index (χ2v) is 6.65. The first-order valence-electron chi connectivity index (χ1n) is 7.91.